The van der Waals surface area contributed by atoms with Crippen LogP contribution in [-0.2, 0) is 14.8 Å². The Morgan fingerprint density at radius 1 is 1.21 bits per heavy atom. The van der Waals surface area contributed by atoms with Gasteiger partial charge in [0.2, 0.25) is 15.9 Å². The number of anilines is 1. The molecule has 0 fully saturated rings. The Hall–Kier alpha value is -2.54. The van der Waals surface area contributed by atoms with Crippen LogP contribution in [0, 0.1) is 6.92 Å². The van der Waals surface area contributed by atoms with Crippen molar-refractivity contribution < 1.29 is 17.9 Å². The summed E-state index contributed by atoms with van der Waals surface area (Å²) in [5.74, 6) is 0.384. The minimum absolute atomic E-state index is 0.260. The highest BCUT2D eigenvalue weighted by Gasteiger charge is 2.36. The lowest BCUT2D eigenvalue weighted by Gasteiger charge is -2.38. The van der Waals surface area contributed by atoms with Gasteiger partial charge in [0.05, 0.1) is 18.0 Å². The fourth-order valence-electron chi connectivity index (χ4n) is 3.80. The molecular formula is C22H28N2O4S. The first-order chi connectivity index (χ1) is 13.5. The maximum absolute atomic E-state index is 13.1. The number of aryl methyl sites for hydroxylation is 1. The zero-order valence-corrected chi connectivity index (χ0v) is 18.3. The van der Waals surface area contributed by atoms with Crippen molar-refractivity contribution in [3.8, 4) is 5.75 Å². The topological polar surface area (TPSA) is 75.7 Å². The van der Waals surface area contributed by atoms with Crippen LogP contribution in [0.3, 0.4) is 0 Å². The SMILES string of the molecule is Cc1cccc(N([C@@H](C)C(=O)N[C@H]2CC(C)(C)Oc3ccccc32)S(C)(=O)=O)c1. The Morgan fingerprint density at radius 2 is 1.90 bits per heavy atom. The average Bonchev–Trinajstić information content (AvgIpc) is 2.59. The number of rotatable bonds is 5. The Labute approximate surface area is 172 Å². The fourth-order valence-corrected chi connectivity index (χ4v) is 4.96. The van der Waals surface area contributed by atoms with Gasteiger partial charge in [0, 0.05) is 12.0 Å². The van der Waals surface area contributed by atoms with E-state index in [9.17, 15) is 13.2 Å². The molecule has 0 spiro atoms. The number of nitrogens with zero attached hydrogens (tertiary/aromatic N) is 1. The third kappa shape index (κ3) is 4.72. The smallest absolute Gasteiger partial charge is 0.244 e. The molecule has 3 rings (SSSR count). The molecule has 0 unspecified atom stereocenters. The number of ether oxygens (including phenoxy) is 1. The summed E-state index contributed by atoms with van der Waals surface area (Å²) >= 11 is 0. The van der Waals surface area contributed by atoms with Crippen molar-refractivity contribution in [1.29, 1.82) is 0 Å². The van der Waals surface area contributed by atoms with Gasteiger partial charge in [-0.25, -0.2) is 8.42 Å². The van der Waals surface area contributed by atoms with E-state index in [0.29, 0.717) is 12.1 Å². The highest BCUT2D eigenvalue weighted by molar-refractivity contribution is 7.92. The second kappa shape index (κ2) is 7.71. The van der Waals surface area contributed by atoms with Crippen LogP contribution in [0.4, 0.5) is 5.69 Å². The van der Waals surface area contributed by atoms with Gasteiger partial charge in [0.25, 0.3) is 0 Å². The molecule has 1 N–H and O–H groups in total. The van der Waals surface area contributed by atoms with E-state index in [0.717, 1.165) is 23.1 Å². The molecule has 2 aromatic carbocycles. The predicted octanol–water partition coefficient (Wildman–Crippen LogP) is 3.57. The Balaban J connectivity index is 1.89. The molecule has 2 aromatic rings. The van der Waals surface area contributed by atoms with E-state index < -0.39 is 21.7 Å². The van der Waals surface area contributed by atoms with E-state index in [1.165, 1.54) is 4.31 Å². The number of para-hydroxylation sites is 1. The Morgan fingerprint density at radius 3 is 2.55 bits per heavy atom. The van der Waals surface area contributed by atoms with Crippen LogP contribution in [0.5, 0.6) is 5.75 Å². The van der Waals surface area contributed by atoms with Crippen LogP contribution in [-0.4, -0.2) is 32.2 Å². The lowest BCUT2D eigenvalue weighted by molar-refractivity contribution is -0.123. The number of fused-ring (bicyclic) bond motifs is 1. The molecule has 156 valence electrons. The number of hydrogen-bond acceptors (Lipinski definition) is 4. The molecule has 1 aliphatic rings. The Bertz CT molecular complexity index is 1020. The number of sulfonamides is 1. The van der Waals surface area contributed by atoms with E-state index >= 15 is 0 Å². The zero-order chi connectivity index (χ0) is 21.4. The van der Waals surface area contributed by atoms with Gasteiger partial charge in [-0.2, -0.15) is 0 Å². The van der Waals surface area contributed by atoms with Crippen LogP contribution in [0.15, 0.2) is 48.5 Å². The van der Waals surface area contributed by atoms with Crippen molar-refractivity contribution in [2.45, 2.75) is 51.8 Å². The summed E-state index contributed by atoms with van der Waals surface area (Å²) in [7, 11) is -3.66. The molecule has 0 aliphatic carbocycles. The standard InChI is InChI=1S/C22H28N2O4S/c1-15-9-8-10-17(13-15)24(29(5,26)27)16(2)21(25)23-19-14-22(3,4)28-20-12-7-6-11-18(19)20/h6-13,16,19H,14H2,1-5H3,(H,23,25)/t16-,19-/m0/s1. The maximum atomic E-state index is 13.1. The largest absolute Gasteiger partial charge is 0.487 e. The van der Waals surface area contributed by atoms with Crippen LogP contribution in [0.2, 0.25) is 0 Å². The molecule has 1 aliphatic heterocycles. The maximum Gasteiger partial charge on any atom is 0.244 e. The van der Waals surface area contributed by atoms with Crippen LogP contribution in [0.25, 0.3) is 0 Å². The second-order valence-corrected chi connectivity index (χ2v) is 10.1. The van der Waals surface area contributed by atoms with Gasteiger partial charge in [0.1, 0.15) is 17.4 Å². The molecule has 6 nitrogen and oxygen atoms in total. The average molecular weight is 417 g/mol. The molecule has 0 saturated heterocycles. The van der Waals surface area contributed by atoms with Crippen LogP contribution >= 0.6 is 0 Å². The highest BCUT2D eigenvalue weighted by atomic mass is 32.2. The van der Waals surface area contributed by atoms with E-state index in [1.807, 2.05) is 51.1 Å². The molecular weight excluding hydrogens is 388 g/mol. The van der Waals surface area contributed by atoms with Crippen LogP contribution < -0.4 is 14.4 Å². The molecule has 7 heteroatoms. The fraction of sp³-hybridized carbons (Fsp3) is 0.409. The summed E-state index contributed by atoms with van der Waals surface area (Å²) in [4.78, 5) is 13.1. The molecule has 0 aromatic heterocycles. The zero-order valence-electron chi connectivity index (χ0n) is 17.5. The van der Waals surface area contributed by atoms with Gasteiger partial charge in [-0.1, -0.05) is 30.3 Å². The first kappa shape index (κ1) is 21.2. The molecule has 1 amide bonds. The van der Waals surface area contributed by atoms with Crippen molar-refractivity contribution in [3.63, 3.8) is 0 Å². The van der Waals surface area contributed by atoms with Crippen molar-refractivity contribution in [1.82, 2.24) is 5.32 Å². The van der Waals surface area contributed by atoms with Gasteiger partial charge in [-0.3, -0.25) is 9.10 Å². The summed E-state index contributed by atoms with van der Waals surface area (Å²) < 4.78 is 32.2. The van der Waals surface area contributed by atoms with E-state index in [-0.39, 0.29) is 11.9 Å². The quantitative estimate of drug-likeness (QED) is 0.809. The summed E-state index contributed by atoms with van der Waals surface area (Å²) in [5, 5.41) is 3.04. The molecule has 0 radical (unpaired) electrons. The number of amides is 1. The highest BCUT2D eigenvalue weighted by Crippen LogP contribution is 2.39. The predicted molar refractivity (Wildman–Crippen MR) is 115 cm³/mol. The van der Waals surface area contributed by atoms with Gasteiger partial charge in [-0.15, -0.1) is 0 Å². The molecule has 2 atom stereocenters. The monoisotopic (exact) mass is 416 g/mol. The number of carbonyl (C=O) groups excluding carboxylic acids is 1. The van der Waals surface area contributed by atoms with E-state index in [4.69, 9.17) is 4.74 Å². The summed E-state index contributed by atoms with van der Waals surface area (Å²) in [6, 6.07) is 13.6. The minimum atomic E-state index is -3.66. The molecule has 1 heterocycles. The summed E-state index contributed by atoms with van der Waals surface area (Å²) in [6.45, 7) is 7.44. The van der Waals surface area contributed by atoms with Gasteiger partial charge < -0.3 is 10.1 Å². The van der Waals surface area contributed by atoms with Crippen LogP contribution in [0.1, 0.15) is 44.4 Å². The Kier molecular flexibility index (Phi) is 5.63. The lowest BCUT2D eigenvalue weighted by Crippen LogP contribution is -2.50. The molecule has 0 bridgehead atoms. The van der Waals surface area contributed by atoms with Crippen molar-refractivity contribution in [2.75, 3.05) is 10.6 Å². The van der Waals surface area contributed by atoms with Crippen molar-refractivity contribution >= 4 is 21.6 Å². The van der Waals surface area contributed by atoms with Crippen molar-refractivity contribution in [3.05, 3.63) is 59.7 Å². The number of carbonyl (C=O) groups is 1. The lowest BCUT2D eigenvalue weighted by atomic mass is 9.89. The third-order valence-corrected chi connectivity index (χ3v) is 6.28. The first-order valence-electron chi connectivity index (χ1n) is 9.62. The summed E-state index contributed by atoms with van der Waals surface area (Å²) in [6.07, 6.45) is 1.71. The normalized spacial score (nSPS) is 18.9. The van der Waals surface area contributed by atoms with E-state index in [2.05, 4.69) is 5.32 Å². The molecule has 0 saturated carbocycles. The van der Waals surface area contributed by atoms with Gasteiger partial charge >= 0.3 is 0 Å². The summed E-state index contributed by atoms with van der Waals surface area (Å²) in [5.41, 5.74) is 1.85. The number of hydrogen-bond donors (Lipinski definition) is 1. The number of benzene rings is 2. The molecule has 29 heavy (non-hydrogen) atoms. The van der Waals surface area contributed by atoms with Crippen molar-refractivity contribution in [2.24, 2.45) is 0 Å². The third-order valence-electron chi connectivity index (χ3n) is 5.04. The van der Waals surface area contributed by atoms with Gasteiger partial charge in [0.15, 0.2) is 0 Å². The second-order valence-electron chi connectivity index (χ2n) is 8.24. The van der Waals surface area contributed by atoms with Gasteiger partial charge in [-0.05, 0) is 51.5 Å². The number of nitrogens with one attached hydrogen (secondary N) is 1. The van der Waals surface area contributed by atoms with E-state index in [1.54, 1.807) is 25.1 Å². The minimum Gasteiger partial charge on any atom is -0.487 e. The first-order valence-corrected chi connectivity index (χ1v) is 11.5.